The lowest BCUT2D eigenvalue weighted by Gasteiger charge is -2.40. The van der Waals surface area contributed by atoms with E-state index in [1.54, 1.807) is 6.07 Å². The van der Waals surface area contributed by atoms with Gasteiger partial charge in [0.25, 0.3) is 0 Å². The molecular formula is C34H32Cl3FN8. The lowest BCUT2D eigenvalue weighted by atomic mass is 9.98. The first-order valence-electron chi connectivity index (χ1n) is 14.9. The van der Waals surface area contributed by atoms with Crippen LogP contribution in [0.1, 0.15) is 62.5 Å². The predicted octanol–water partition coefficient (Wildman–Crippen LogP) is 9.18. The van der Waals surface area contributed by atoms with Crippen molar-refractivity contribution in [3.63, 3.8) is 0 Å². The Morgan fingerprint density at radius 3 is 2.46 bits per heavy atom. The van der Waals surface area contributed by atoms with Gasteiger partial charge in [-0.25, -0.2) is 9.07 Å². The minimum Gasteiger partial charge on any atom is -0.373 e. The summed E-state index contributed by atoms with van der Waals surface area (Å²) in [5.41, 5.74) is 3.54. The van der Waals surface area contributed by atoms with E-state index in [1.165, 1.54) is 18.3 Å². The number of rotatable bonds is 7. The van der Waals surface area contributed by atoms with Gasteiger partial charge >= 0.3 is 0 Å². The molecule has 12 heteroatoms. The van der Waals surface area contributed by atoms with Crippen molar-refractivity contribution in [3.8, 4) is 6.07 Å². The Kier molecular flexibility index (Phi) is 9.08. The van der Waals surface area contributed by atoms with E-state index in [-0.39, 0.29) is 38.9 Å². The predicted molar refractivity (Wildman–Crippen MR) is 183 cm³/mol. The number of aromatic nitrogens is 4. The van der Waals surface area contributed by atoms with E-state index in [9.17, 15) is 5.26 Å². The van der Waals surface area contributed by atoms with Crippen molar-refractivity contribution < 1.29 is 4.39 Å². The monoisotopic (exact) mass is 676 g/mol. The normalized spacial score (nSPS) is 15.1. The number of likely N-dealkylation sites (tertiary alicyclic amines) is 1. The minimum atomic E-state index is -0.736. The van der Waals surface area contributed by atoms with Crippen LogP contribution in [-0.4, -0.2) is 43.5 Å². The highest BCUT2D eigenvalue weighted by molar-refractivity contribution is 6.42. The number of hydrogen-bond acceptors (Lipinski definition) is 7. The molecule has 1 unspecified atom stereocenters. The van der Waals surface area contributed by atoms with Crippen LogP contribution in [0.2, 0.25) is 15.1 Å². The smallest absolute Gasteiger partial charge is 0.166 e. The third-order valence-electron chi connectivity index (χ3n) is 8.40. The summed E-state index contributed by atoms with van der Waals surface area (Å²) in [5, 5.41) is 26.4. The summed E-state index contributed by atoms with van der Waals surface area (Å²) in [4.78, 5) is 6.93. The highest BCUT2D eigenvalue weighted by Crippen LogP contribution is 2.39. The number of halogens is 4. The Bertz CT molecular complexity index is 1930. The van der Waals surface area contributed by atoms with Crippen molar-refractivity contribution in [2.75, 3.05) is 23.7 Å². The van der Waals surface area contributed by atoms with Gasteiger partial charge in [0.15, 0.2) is 5.82 Å². The zero-order chi connectivity index (χ0) is 32.6. The van der Waals surface area contributed by atoms with Gasteiger partial charge in [0.05, 0.1) is 55.8 Å². The average molecular weight is 678 g/mol. The first-order chi connectivity index (χ1) is 22.0. The van der Waals surface area contributed by atoms with Crippen LogP contribution in [0.5, 0.6) is 0 Å². The summed E-state index contributed by atoms with van der Waals surface area (Å²) in [7, 11) is 0. The van der Waals surface area contributed by atoms with E-state index in [0.717, 1.165) is 37.2 Å². The van der Waals surface area contributed by atoms with Crippen LogP contribution in [-0.2, 0) is 0 Å². The van der Waals surface area contributed by atoms with Crippen LogP contribution in [0.3, 0.4) is 0 Å². The molecule has 0 spiro atoms. The van der Waals surface area contributed by atoms with Crippen LogP contribution in [0.25, 0.3) is 10.9 Å². The largest absolute Gasteiger partial charge is 0.373 e. The quantitative estimate of drug-likeness (QED) is 0.166. The van der Waals surface area contributed by atoms with Crippen LogP contribution in [0.15, 0.2) is 67.0 Å². The number of nitrogens with zero attached hydrogens (tertiary/aromatic N) is 6. The van der Waals surface area contributed by atoms with Gasteiger partial charge in [-0.1, -0.05) is 70.3 Å². The van der Waals surface area contributed by atoms with Gasteiger partial charge in [-0.3, -0.25) is 9.88 Å². The molecular weight excluding hydrogens is 646 g/mol. The van der Waals surface area contributed by atoms with E-state index in [0.29, 0.717) is 27.3 Å². The van der Waals surface area contributed by atoms with Crippen molar-refractivity contribution >= 4 is 62.8 Å². The fourth-order valence-electron chi connectivity index (χ4n) is 5.86. The van der Waals surface area contributed by atoms with Gasteiger partial charge in [0.2, 0.25) is 0 Å². The number of nitrogens with one attached hydrogen (secondary N) is 2. The number of benzene rings is 3. The molecule has 0 radical (unpaired) electrons. The molecule has 8 nitrogen and oxygen atoms in total. The van der Waals surface area contributed by atoms with Crippen LogP contribution in [0, 0.1) is 17.1 Å². The van der Waals surface area contributed by atoms with Gasteiger partial charge in [-0.15, -0.1) is 5.10 Å². The van der Waals surface area contributed by atoms with Crippen LogP contribution >= 0.6 is 34.8 Å². The molecule has 6 rings (SSSR count). The molecule has 1 atom stereocenters. The molecule has 1 aliphatic rings. The molecule has 236 valence electrons. The first-order valence-corrected chi connectivity index (χ1v) is 16.1. The molecule has 0 saturated carbocycles. The van der Waals surface area contributed by atoms with Crippen molar-refractivity contribution in [2.24, 2.45) is 0 Å². The maximum absolute atomic E-state index is 15.1. The van der Waals surface area contributed by atoms with E-state index >= 15 is 4.39 Å². The summed E-state index contributed by atoms with van der Waals surface area (Å²) in [5.74, 6) is -0.736. The fourth-order valence-corrected chi connectivity index (χ4v) is 6.44. The molecule has 46 heavy (non-hydrogen) atoms. The third kappa shape index (κ3) is 6.49. The first kappa shape index (κ1) is 32.0. The van der Waals surface area contributed by atoms with Crippen molar-refractivity contribution in [3.05, 3.63) is 105 Å². The van der Waals surface area contributed by atoms with Crippen LogP contribution < -0.4 is 10.6 Å². The Morgan fingerprint density at radius 2 is 1.76 bits per heavy atom. The standard InChI is InChI=1S/C34H32Cl3FN8/c1-34(2,3)45-13-11-23(12-14-45)46-19-28(43-44-46)32(20-7-5-4-6-8-20)41-22-15-24-31(21(17-39)18-40-33(24)26(36)16-22)42-27-10-9-25(35)29(37)30(27)38/h4-10,15-16,18-19,23,32,41H,11-14H2,1-3H3,(H,40,42). The molecule has 0 bridgehead atoms. The average Bonchev–Trinajstić information content (AvgIpc) is 3.54. The molecule has 3 aromatic carbocycles. The zero-order valence-corrected chi connectivity index (χ0v) is 27.8. The number of fused-ring (bicyclic) bond motifs is 1. The SMILES string of the molecule is CC(C)(C)N1CCC(n2cc(C(Nc3cc(Cl)c4ncc(C#N)c(Nc5ccc(Cl)c(Cl)c5F)c4c3)c3ccccc3)nn2)CC1. The van der Waals surface area contributed by atoms with E-state index in [1.807, 2.05) is 47.3 Å². The maximum Gasteiger partial charge on any atom is 0.166 e. The van der Waals surface area contributed by atoms with Gasteiger partial charge in [-0.2, -0.15) is 5.26 Å². The second-order valence-corrected chi connectivity index (χ2v) is 13.6. The minimum absolute atomic E-state index is 0.0556. The van der Waals surface area contributed by atoms with E-state index < -0.39 is 5.82 Å². The Labute approximate surface area is 282 Å². The summed E-state index contributed by atoms with van der Waals surface area (Å²) in [6.45, 7) is 8.74. The summed E-state index contributed by atoms with van der Waals surface area (Å²) in [6, 6.07) is 18.5. The summed E-state index contributed by atoms with van der Waals surface area (Å²) in [6.07, 6.45) is 5.40. The van der Waals surface area contributed by atoms with Gasteiger partial charge in [-0.05, 0) is 63.4 Å². The molecule has 2 N–H and O–H groups in total. The van der Waals surface area contributed by atoms with E-state index in [4.69, 9.17) is 34.8 Å². The maximum atomic E-state index is 15.1. The zero-order valence-electron chi connectivity index (χ0n) is 25.5. The molecule has 1 aliphatic heterocycles. The number of anilines is 3. The Hall–Kier alpha value is -3.94. The second kappa shape index (κ2) is 13.0. The highest BCUT2D eigenvalue weighted by atomic mass is 35.5. The highest BCUT2D eigenvalue weighted by Gasteiger charge is 2.29. The fraction of sp³-hybridized carbons (Fsp3) is 0.294. The van der Waals surface area contributed by atoms with E-state index in [2.05, 4.69) is 57.7 Å². The molecule has 5 aromatic rings. The van der Waals surface area contributed by atoms with Gasteiger partial charge in [0, 0.05) is 35.9 Å². The number of pyridine rings is 1. The molecule has 3 heterocycles. The topological polar surface area (TPSA) is 94.7 Å². The molecule has 0 aliphatic carbocycles. The van der Waals surface area contributed by atoms with Crippen molar-refractivity contribution in [2.45, 2.75) is 51.2 Å². The van der Waals surface area contributed by atoms with Crippen molar-refractivity contribution in [1.29, 1.82) is 5.26 Å². The molecule has 2 aromatic heterocycles. The Balaban J connectivity index is 1.36. The lowest BCUT2D eigenvalue weighted by Crippen LogP contribution is -2.46. The molecule has 1 fully saturated rings. The summed E-state index contributed by atoms with van der Waals surface area (Å²) < 4.78 is 17.0. The van der Waals surface area contributed by atoms with Crippen molar-refractivity contribution in [1.82, 2.24) is 24.9 Å². The number of hydrogen-bond donors (Lipinski definition) is 2. The number of piperidine rings is 1. The van der Waals surface area contributed by atoms with Gasteiger partial charge < -0.3 is 10.6 Å². The number of nitriles is 1. The molecule has 0 amide bonds. The Morgan fingerprint density at radius 1 is 1.02 bits per heavy atom. The lowest BCUT2D eigenvalue weighted by molar-refractivity contribution is 0.0866. The van der Waals surface area contributed by atoms with Crippen LogP contribution in [0.4, 0.5) is 21.5 Å². The van der Waals surface area contributed by atoms with Gasteiger partial charge in [0.1, 0.15) is 11.8 Å². The summed E-state index contributed by atoms with van der Waals surface area (Å²) >= 11 is 18.8. The molecule has 1 saturated heterocycles. The third-order valence-corrected chi connectivity index (χ3v) is 9.46. The second-order valence-electron chi connectivity index (χ2n) is 12.4.